The predicted molar refractivity (Wildman–Crippen MR) is 81.3 cm³/mol. The number of hydrogen-bond acceptors (Lipinski definition) is 3. The van der Waals surface area contributed by atoms with Gasteiger partial charge in [0.1, 0.15) is 5.82 Å². The molecule has 0 atom stereocenters. The minimum atomic E-state index is -0.663. The lowest BCUT2D eigenvalue weighted by atomic mass is 9.77. The summed E-state index contributed by atoms with van der Waals surface area (Å²) in [5, 5.41) is 0. The highest BCUT2D eigenvalue weighted by Crippen LogP contribution is 2.36. The summed E-state index contributed by atoms with van der Waals surface area (Å²) >= 11 is 0. The number of ketones is 1. The Hall–Kier alpha value is -1.20. The molecule has 0 aliphatic carbocycles. The fourth-order valence-corrected chi connectivity index (χ4v) is 2.20. The molecule has 1 aliphatic rings. The van der Waals surface area contributed by atoms with Crippen LogP contribution < -0.4 is 5.46 Å². The first-order chi connectivity index (χ1) is 9.53. The van der Waals surface area contributed by atoms with Gasteiger partial charge in [0.05, 0.1) is 11.2 Å². The molecule has 1 aromatic rings. The molecule has 3 nitrogen and oxygen atoms in total. The normalized spacial score (nSPS) is 20.1. The zero-order chi connectivity index (χ0) is 16.0. The van der Waals surface area contributed by atoms with E-state index in [0.717, 1.165) is 0 Å². The van der Waals surface area contributed by atoms with Gasteiger partial charge in [0.25, 0.3) is 0 Å². The van der Waals surface area contributed by atoms with Gasteiger partial charge in [-0.15, -0.1) is 0 Å². The molecule has 0 aromatic heterocycles. The molecular formula is C16H22BFO3. The van der Waals surface area contributed by atoms with Crippen LogP contribution in [0.3, 0.4) is 0 Å². The van der Waals surface area contributed by atoms with Crippen molar-refractivity contribution < 1.29 is 18.5 Å². The molecule has 0 amide bonds. The van der Waals surface area contributed by atoms with Crippen LogP contribution in [-0.4, -0.2) is 24.1 Å². The Kier molecular flexibility index (Phi) is 4.02. The Balaban J connectivity index is 2.36. The molecule has 114 valence electrons. The molecule has 0 saturated carbocycles. The second kappa shape index (κ2) is 5.22. The minimum absolute atomic E-state index is 0.0905. The molecule has 5 heteroatoms. The Labute approximate surface area is 126 Å². The number of carbonyl (C=O) groups excluding carboxylic acids is 1. The number of carbonyl (C=O) groups is 1. The van der Waals surface area contributed by atoms with E-state index >= 15 is 0 Å². The molecule has 0 radical (unpaired) electrons. The molecule has 0 N–H and O–H groups in total. The van der Waals surface area contributed by atoms with Crippen molar-refractivity contribution in [2.75, 3.05) is 0 Å². The topological polar surface area (TPSA) is 35.5 Å². The Bertz CT molecular complexity index is 551. The lowest BCUT2D eigenvalue weighted by Crippen LogP contribution is -2.41. The molecule has 1 fully saturated rings. The summed E-state index contributed by atoms with van der Waals surface area (Å²) in [6, 6.07) is 4.28. The second-order valence-corrected chi connectivity index (χ2v) is 6.88. The summed E-state index contributed by atoms with van der Waals surface area (Å²) in [6.07, 6.45) is 0. The predicted octanol–water partition coefficient (Wildman–Crippen LogP) is 2.96. The van der Waals surface area contributed by atoms with Crippen molar-refractivity contribution in [1.82, 2.24) is 0 Å². The van der Waals surface area contributed by atoms with E-state index < -0.39 is 24.1 Å². The minimum Gasteiger partial charge on any atom is -0.399 e. The average Bonchev–Trinajstić information content (AvgIpc) is 2.56. The molecule has 2 rings (SSSR count). The van der Waals surface area contributed by atoms with Gasteiger partial charge in [-0.05, 0) is 45.3 Å². The third kappa shape index (κ3) is 3.04. The van der Waals surface area contributed by atoms with Gasteiger partial charge in [-0.3, -0.25) is 4.79 Å². The van der Waals surface area contributed by atoms with E-state index in [1.165, 1.54) is 12.1 Å². The number of hydrogen-bond donors (Lipinski definition) is 0. The molecule has 0 spiro atoms. The zero-order valence-corrected chi connectivity index (χ0v) is 13.5. The van der Waals surface area contributed by atoms with Crippen LogP contribution in [-0.2, 0) is 9.31 Å². The van der Waals surface area contributed by atoms with E-state index in [1.54, 1.807) is 19.9 Å². The van der Waals surface area contributed by atoms with Gasteiger partial charge in [0.15, 0.2) is 5.78 Å². The highest BCUT2D eigenvalue weighted by atomic mass is 19.1. The SMILES string of the molecule is CC(C)C(=O)c1cc(F)cc(B2OC(C)(C)C(C)(C)O2)c1. The molecule has 0 bridgehead atoms. The third-order valence-corrected chi connectivity index (χ3v) is 4.25. The van der Waals surface area contributed by atoms with Crippen LogP contribution in [0.15, 0.2) is 18.2 Å². The maximum atomic E-state index is 13.8. The van der Waals surface area contributed by atoms with Crippen LogP contribution in [0.5, 0.6) is 0 Å². The van der Waals surface area contributed by atoms with Gasteiger partial charge in [-0.2, -0.15) is 0 Å². The van der Waals surface area contributed by atoms with Gasteiger partial charge in [-0.1, -0.05) is 19.9 Å². The van der Waals surface area contributed by atoms with Crippen molar-refractivity contribution in [2.45, 2.75) is 52.7 Å². The van der Waals surface area contributed by atoms with Gasteiger partial charge >= 0.3 is 7.12 Å². The average molecular weight is 292 g/mol. The van der Waals surface area contributed by atoms with Crippen LogP contribution in [0, 0.1) is 11.7 Å². The molecular weight excluding hydrogens is 270 g/mol. The molecule has 1 aromatic carbocycles. The summed E-state index contributed by atoms with van der Waals surface area (Å²) in [4.78, 5) is 12.1. The Morgan fingerprint density at radius 2 is 1.62 bits per heavy atom. The summed E-state index contributed by atoms with van der Waals surface area (Å²) in [6.45, 7) is 11.3. The summed E-state index contributed by atoms with van der Waals surface area (Å²) in [5.41, 5.74) is -0.0920. The first-order valence-corrected chi connectivity index (χ1v) is 7.24. The van der Waals surface area contributed by atoms with Crippen molar-refractivity contribution in [1.29, 1.82) is 0 Å². The van der Waals surface area contributed by atoms with Crippen LogP contribution in [0.1, 0.15) is 51.9 Å². The molecule has 1 aliphatic heterocycles. The maximum Gasteiger partial charge on any atom is 0.494 e. The van der Waals surface area contributed by atoms with Crippen LogP contribution in [0.25, 0.3) is 0 Å². The maximum absolute atomic E-state index is 13.8. The van der Waals surface area contributed by atoms with E-state index in [4.69, 9.17) is 9.31 Å². The highest BCUT2D eigenvalue weighted by Gasteiger charge is 2.51. The first kappa shape index (κ1) is 16.2. The van der Waals surface area contributed by atoms with Gasteiger partial charge < -0.3 is 9.31 Å². The van der Waals surface area contributed by atoms with E-state index in [2.05, 4.69) is 0 Å². The molecule has 21 heavy (non-hydrogen) atoms. The number of rotatable bonds is 3. The van der Waals surface area contributed by atoms with Crippen molar-refractivity contribution in [2.24, 2.45) is 5.92 Å². The fraction of sp³-hybridized carbons (Fsp3) is 0.562. The van der Waals surface area contributed by atoms with Crippen LogP contribution in [0.4, 0.5) is 4.39 Å². The van der Waals surface area contributed by atoms with E-state index in [0.29, 0.717) is 11.0 Å². The quantitative estimate of drug-likeness (QED) is 0.634. The van der Waals surface area contributed by atoms with Crippen LogP contribution in [0.2, 0.25) is 0 Å². The van der Waals surface area contributed by atoms with Crippen LogP contribution >= 0.6 is 0 Å². The molecule has 1 heterocycles. The summed E-state index contributed by atoms with van der Waals surface area (Å²) in [7, 11) is -0.663. The lowest BCUT2D eigenvalue weighted by Gasteiger charge is -2.32. The highest BCUT2D eigenvalue weighted by molar-refractivity contribution is 6.62. The molecule has 0 unspecified atom stereocenters. The second-order valence-electron chi connectivity index (χ2n) is 6.88. The zero-order valence-electron chi connectivity index (χ0n) is 13.5. The molecule has 1 saturated heterocycles. The first-order valence-electron chi connectivity index (χ1n) is 7.24. The van der Waals surface area contributed by atoms with Crippen molar-refractivity contribution in [3.05, 3.63) is 29.6 Å². The summed E-state index contributed by atoms with van der Waals surface area (Å²) < 4.78 is 25.6. The van der Waals surface area contributed by atoms with Crippen molar-refractivity contribution >= 4 is 18.4 Å². The van der Waals surface area contributed by atoms with Gasteiger partial charge in [0.2, 0.25) is 0 Å². The van der Waals surface area contributed by atoms with Gasteiger partial charge in [0, 0.05) is 11.5 Å². The smallest absolute Gasteiger partial charge is 0.399 e. The van der Waals surface area contributed by atoms with E-state index in [9.17, 15) is 9.18 Å². The van der Waals surface area contributed by atoms with E-state index in [1.807, 2.05) is 27.7 Å². The standard InChI is InChI=1S/C16H22BFO3/c1-10(2)14(19)11-7-12(9-13(18)8-11)17-20-15(3,4)16(5,6)21-17/h7-10H,1-6H3. The lowest BCUT2D eigenvalue weighted by molar-refractivity contribution is 0.00578. The number of Topliss-reactive ketones (excluding diaryl/α,β-unsaturated/α-hetero) is 1. The number of benzene rings is 1. The van der Waals surface area contributed by atoms with Gasteiger partial charge in [-0.25, -0.2) is 4.39 Å². The fourth-order valence-electron chi connectivity index (χ4n) is 2.20. The Morgan fingerprint density at radius 3 is 2.10 bits per heavy atom. The largest absolute Gasteiger partial charge is 0.494 e. The third-order valence-electron chi connectivity index (χ3n) is 4.25. The monoisotopic (exact) mass is 292 g/mol. The number of halogens is 1. The van der Waals surface area contributed by atoms with E-state index in [-0.39, 0.29) is 11.7 Å². The summed E-state index contributed by atoms with van der Waals surface area (Å²) in [5.74, 6) is -0.726. The van der Waals surface area contributed by atoms with Crippen molar-refractivity contribution in [3.63, 3.8) is 0 Å². The Morgan fingerprint density at radius 1 is 1.10 bits per heavy atom. The van der Waals surface area contributed by atoms with Crippen molar-refractivity contribution in [3.8, 4) is 0 Å².